The normalized spacial score (nSPS) is 23.8. The molecule has 0 radical (unpaired) electrons. The lowest BCUT2D eigenvalue weighted by Gasteiger charge is -2.57. The van der Waals surface area contributed by atoms with E-state index in [2.05, 4.69) is 62.5 Å². The molecule has 1 aromatic heterocycles. The number of quaternary nitrogens is 1. The summed E-state index contributed by atoms with van der Waals surface area (Å²) in [6.45, 7) is 3.35. The summed E-state index contributed by atoms with van der Waals surface area (Å²) in [7, 11) is 0. The Balaban J connectivity index is 1.41. The first-order chi connectivity index (χ1) is 17.7. The minimum absolute atomic E-state index is 0.0558. The van der Waals surface area contributed by atoms with Crippen LogP contribution in [-0.2, 0) is 0 Å². The van der Waals surface area contributed by atoms with E-state index in [1.54, 1.807) is 0 Å². The number of halogens is 1. The summed E-state index contributed by atoms with van der Waals surface area (Å²) in [5.74, 6) is 0. The number of aliphatic imine (C=N–C) groups is 2. The summed E-state index contributed by atoms with van der Waals surface area (Å²) in [5.41, 5.74) is 4.96. The second kappa shape index (κ2) is 8.37. The van der Waals surface area contributed by atoms with Gasteiger partial charge in [-0.3, -0.25) is 4.99 Å². The number of allylic oxidation sites excluding steroid dienone is 1. The molecule has 0 N–H and O–H groups in total. The molecule has 1 aliphatic carbocycles. The highest BCUT2D eigenvalue weighted by Gasteiger charge is 2.56. The van der Waals surface area contributed by atoms with Crippen LogP contribution in [0.25, 0.3) is 22.2 Å². The lowest BCUT2D eigenvalue weighted by molar-refractivity contribution is -0.751. The predicted molar refractivity (Wildman–Crippen MR) is 147 cm³/mol. The highest BCUT2D eigenvalue weighted by Crippen LogP contribution is 2.49. The molecule has 1 atom stereocenters. The summed E-state index contributed by atoms with van der Waals surface area (Å²) < 4.78 is 0.376. The summed E-state index contributed by atoms with van der Waals surface area (Å²) >= 11 is 7.12. The van der Waals surface area contributed by atoms with Crippen molar-refractivity contribution in [2.75, 3.05) is 24.6 Å². The molecular formula is C29H28ClN6+. The van der Waals surface area contributed by atoms with Crippen molar-refractivity contribution in [3.05, 3.63) is 83.9 Å². The molecule has 1 saturated carbocycles. The molecule has 0 amide bonds. The Morgan fingerprint density at radius 2 is 1.86 bits per heavy atom. The van der Waals surface area contributed by atoms with Gasteiger partial charge in [0.2, 0.25) is 12.0 Å². The minimum atomic E-state index is -0.0558. The van der Waals surface area contributed by atoms with Crippen LogP contribution in [0, 0.1) is 0 Å². The maximum Gasteiger partial charge on any atom is 0.225 e. The van der Waals surface area contributed by atoms with Crippen LogP contribution in [0.1, 0.15) is 25.7 Å². The van der Waals surface area contributed by atoms with E-state index in [1.807, 2.05) is 43.2 Å². The van der Waals surface area contributed by atoms with Crippen LogP contribution in [0.2, 0.25) is 5.02 Å². The fraction of sp³-hybridized carbons (Fsp3) is 0.276. The van der Waals surface area contributed by atoms with Crippen molar-refractivity contribution in [3.8, 4) is 11.3 Å². The number of hydrogen-bond donors (Lipinski definition) is 0. The van der Waals surface area contributed by atoms with Crippen LogP contribution >= 0.6 is 11.6 Å². The van der Waals surface area contributed by atoms with Gasteiger partial charge in [-0.2, -0.15) is 5.01 Å². The van der Waals surface area contributed by atoms with Crippen LogP contribution in [-0.4, -0.2) is 52.2 Å². The number of likely N-dealkylation sites (tertiary alicyclic amines) is 1. The molecule has 0 spiro atoms. The number of nitrogens with zero attached hydrogens (tertiary/aromatic N) is 6. The van der Waals surface area contributed by atoms with Crippen molar-refractivity contribution in [2.45, 2.75) is 31.2 Å². The van der Waals surface area contributed by atoms with E-state index in [9.17, 15) is 0 Å². The molecule has 0 bridgehead atoms. The maximum absolute atomic E-state index is 7.12. The zero-order valence-electron chi connectivity index (χ0n) is 20.1. The van der Waals surface area contributed by atoms with Crippen LogP contribution in [0.4, 0.5) is 5.69 Å². The van der Waals surface area contributed by atoms with E-state index in [-0.39, 0.29) is 5.54 Å². The molecule has 3 aromatic rings. The Morgan fingerprint density at radius 1 is 1.00 bits per heavy atom. The first kappa shape index (κ1) is 21.9. The number of fused-ring (bicyclic) bond motifs is 2. The van der Waals surface area contributed by atoms with Crippen molar-refractivity contribution in [3.63, 3.8) is 0 Å². The molecule has 7 heteroatoms. The number of hydrogen-bond acceptors (Lipinski definition) is 5. The van der Waals surface area contributed by atoms with E-state index in [0.29, 0.717) is 4.59 Å². The number of pyridine rings is 1. The molecule has 7 rings (SSSR count). The molecule has 36 heavy (non-hydrogen) atoms. The van der Waals surface area contributed by atoms with Crippen molar-refractivity contribution >= 4 is 40.7 Å². The molecule has 2 aromatic carbocycles. The van der Waals surface area contributed by atoms with E-state index in [0.717, 1.165) is 71.0 Å². The first-order valence-electron chi connectivity index (χ1n) is 12.7. The van der Waals surface area contributed by atoms with Crippen molar-refractivity contribution < 1.29 is 4.59 Å². The van der Waals surface area contributed by atoms with E-state index in [4.69, 9.17) is 16.6 Å². The van der Waals surface area contributed by atoms with Gasteiger partial charge in [0.25, 0.3) is 0 Å². The van der Waals surface area contributed by atoms with Gasteiger partial charge in [0, 0.05) is 17.5 Å². The maximum atomic E-state index is 7.12. The standard InChI is InChI=1S/C29H28ClN6/c30-25-16-23-8-9-26(22-6-2-1-3-7-22)33-27(23)17-28(25)35(29(10-4-11-29)20-34-13-5-14-34)36-15-12-31-18-24(36)19-32-21-36/h1-3,6-9,12,15-19,21H,4-5,10-11,13-14,20H2/q+1. The summed E-state index contributed by atoms with van der Waals surface area (Å²) in [5, 5.41) is 4.27. The fourth-order valence-corrected chi connectivity index (χ4v) is 6.19. The first-order valence-corrected chi connectivity index (χ1v) is 13.1. The molecule has 4 heterocycles. The quantitative estimate of drug-likeness (QED) is 0.384. The van der Waals surface area contributed by atoms with Crippen LogP contribution in [0.5, 0.6) is 0 Å². The second-order valence-electron chi connectivity index (χ2n) is 10.2. The average molecular weight is 496 g/mol. The van der Waals surface area contributed by atoms with Gasteiger partial charge in [0.15, 0.2) is 6.20 Å². The Hall–Kier alpha value is -3.32. The largest absolute Gasteiger partial charge is 0.301 e. The van der Waals surface area contributed by atoms with Gasteiger partial charge < -0.3 is 4.90 Å². The number of benzene rings is 2. The Morgan fingerprint density at radius 3 is 2.61 bits per heavy atom. The van der Waals surface area contributed by atoms with Crippen LogP contribution in [0.3, 0.4) is 0 Å². The third-order valence-electron chi connectivity index (χ3n) is 8.04. The lowest BCUT2D eigenvalue weighted by Crippen LogP contribution is -2.71. The number of aromatic nitrogens is 1. The third kappa shape index (κ3) is 3.36. The minimum Gasteiger partial charge on any atom is -0.301 e. The molecule has 1 saturated heterocycles. The van der Waals surface area contributed by atoms with Gasteiger partial charge in [-0.15, -0.1) is 4.59 Å². The monoisotopic (exact) mass is 495 g/mol. The third-order valence-corrected chi connectivity index (χ3v) is 8.34. The van der Waals surface area contributed by atoms with Crippen molar-refractivity contribution in [1.29, 1.82) is 0 Å². The highest BCUT2D eigenvalue weighted by molar-refractivity contribution is 6.34. The molecule has 1 unspecified atom stereocenters. The smallest absolute Gasteiger partial charge is 0.225 e. The Kier molecular flexibility index (Phi) is 5.10. The molecule has 2 fully saturated rings. The van der Waals surface area contributed by atoms with Crippen molar-refractivity contribution in [1.82, 2.24) is 9.88 Å². The predicted octanol–water partition coefficient (Wildman–Crippen LogP) is 6.16. The summed E-state index contributed by atoms with van der Waals surface area (Å²) in [6.07, 6.45) is 14.5. The average Bonchev–Trinajstić information content (AvgIpc) is 3.29. The van der Waals surface area contributed by atoms with Crippen LogP contribution < -0.4 is 5.01 Å². The van der Waals surface area contributed by atoms with Gasteiger partial charge in [-0.25, -0.2) is 9.98 Å². The van der Waals surface area contributed by atoms with Crippen LogP contribution in [0.15, 0.2) is 88.9 Å². The van der Waals surface area contributed by atoms with E-state index >= 15 is 0 Å². The summed E-state index contributed by atoms with van der Waals surface area (Å²) in [6, 6.07) is 18.8. The number of anilines is 1. The highest BCUT2D eigenvalue weighted by atomic mass is 35.5. The zero-order valence-corrected chi connectivity index (χ0v) is 20.8. The van der Waals surface area contributed by atoms with Gasteiger partial charge in [-0.1, -0.05) is 48.0 Å². The number of rotatable bonds is 6. The molecular weight excluding hydrogens is 468 g/mol. The lowest BCUT2D eigenvalue weighted by atomic mass is 9.74. The molecule has 6 nitrogen and oxygen atoms in total. The van der Waals surface area contributed by atoms with Crippen molar-refractivity contribution in [2.24, 2.45) is 9.98 Å². The Labute approximate surface area is 216 Å². The second-order valence-corrected chi connectivity index (χ2v) is 10.6. The topological polar surface area (TPSA) is 44.1 Å². The van der Waals surface area contributed by atoms with Gasteiger partial charge in [0.05, 0.1) is 34.8 Å². The SMILES string of the molecule is Clc1cc2ccc(-c3ccccc3)nc2cc1N(C1(CN2CCC2)CCC1)[N+]12C=CN=CC1=CN=C2. The molecule has 180 valence electrons. The van der Waals surface area contributed by atoms with E-state index < -0.39 is 0 Å². The van der Waals surface area contributed by atoms with Gasteiger partial charge >= 0.3 is 0 Å². The fourth-order valence-electron chi connectivity index (χ4n) is 5.94. The molecule has 4 aliphatic rings. The summed E-state index contributed by atoms with van der Waals surface area (Å²) in [4.78, 5) is 16.7. The molecule has 3 aliphatic heterocycles. The van der Waals surface area contributed by atoms with E-state index in [1.165, 1.54) is 12.8 Å². The zero-order chi connectivity index (χ0) is 24.2. The Bertz CT molecular complexity index is 1450. The van der Waals surface area contributed by atoms with Gasteiger partial charge in [-0.05, 0) is 57.0 Å². The van der Waals surface area contributed by atoms with Gasteiger partial charge in [0.1, 0.15) is 11.2 Å².